The SMILES string of the molecule is NC(C(=O)O)C(c1ccccc1)c1ccc2ccccc2c1. The summed E-state index contributed by atoms with van der Waals surface area (Å²) in [5.74, 6) is -1.37. The van der Waals surface area contributed by atoms with Crippen molar-refractivity contribution >= 4 is 16.7 Å². The van der Waals surface area contributed by atoms with Gasteiger partial charge in [0, 0.05) is 5.92 Å². The van der Waals surface area contributed by atoms with E-state index in [0.29, 0.717) is 0 Å². The maximum absolute atomic E-state index is 11.4. The molecule has 0 saturated carbocycles. The van der Waals surface area contributed by atoms with Gasteiger partial charge in [-0.2, -0.15) is 0 Å². The lowest BCUT2D eigenvalue weighted by molar-refractivity contribution is -0.138. The molecule has 0 radical (unpaired) electrons. The number of fused-ring (bicyclic) bond motifs is 1. The van der Waals surface area contributed by atoms with Crippen molar-refractivity contribution in [3.8, 4) is 0 Å². The first kappa shape index (κ1) is 14.3. The normalized spacial score (nSPS) is 13.7. The van der Waals surface area contributed by atoms with Crippen LogP contribution in [-0.4, -0.2) is 17.1 Å². The number of carboxylic acid groups (broad SMARTS) is 1. The second-order valence-corrected chi connectivity index (χ2v) is 5.36. The Bertz CT molecular complexity index is 799. The molecule has 110 valence electrons. The van der Waals surface area contributed by atoms with Crippen LogP contribution in [0.25, 0.3) is 10.8 Å². The molecule has 3 aromatic rings. The van der Waals surface area contributed by atoms with E-state index in [0.717, 1.165) is 21.9 Å². The molecule has 3 N–H and O–H groups in total. The number of carboxylic acids is 1. The Morgan fingerprint density at radius 3 is 2.14 bits per heavy atom. The average molecular weight is 291 g/mol. The minimum absolute atomic E-state index is 0.372. The lowest BCUT2D eigenvalue weighted by atomic mass is 9.84. The average Bonchev–Trinajstić information content (AvgIpc) is 2.56. The maximum Gasteiger partial charge on any atom is 0.321 e. The zero-order valence-corrected chi connectivity index (χ0v) is 12.0. The first-order chi connectivity index (χ1) is 10.7. The van der Waals surface area contributed by atoms with Crippen LogP contribution >= 0.6 is 0 Å². The van der Waals surface area contributed by atoms with Crippen molar-refractivity contribution < 1.29 is 9.90 Å². The number of hydrogen-bond acceptors (Lipinski definition) is 2. The summed E-state index contributed by atoms with van der Waals surface area (Å²) >= 11 is 0. The lowest BCUT2D eigenvalue weighted by Crippen LogP contribution is -2.37. The van der Waals surface area contributed by atoms with Gasteiger partial charge in [-0.25, -0.2) is 0 Å². The van der Waals surface area contributed by atoms with Crippen molar-refractivity contribution in [3.05, 3.63) is 83.9 Å². The van der Waals surface area contributed by atoms with E-state index in [-0.39, 0.29) is 5.92 Å². The number of aliphatic carboxylic acids is 1. The third-order valence-corrected chi connectivity index (χ3v) is 3.94. The summed E-state index contributed by atoms with van der Waals surface area (Å²) in [4.78, 5) is 11.4. The van der Waals surface area contributed by atoms with Gasteiger partial charge in [0.25, 0.3) is 0 Å². The molecule has 0 aliphatic heterocycles. The van der Waals surface area contributed by atoms with Crippen LogP contribution in [-0.2, 0) is 4.79 Å². The molecule has 3 rings (SSSR count). The fraction of sp³-hybridized carbons (Fsp3) is 0.105. The predicted octanol–water partition coefficient (Wildman–Crippen LogP) is 3.38. The van der Waals surface area contributed by atoms with Crippen molar-refractivity contribution in [1.82, 2.24) is 0 Å². The van der Waals surface area contributed by atoms with Gasteiger partial charge in [0.1, 0.15) is 6.04 Å². The second-order valence-electron chi connectivity index (χ2n) is 5.36. The van der Waals surface area contributed by atoms with E-state index in [1.165, 1.54) is 0 Å². The molecule has 0 heterocycles. The summed E-state index contributed by atoms with van der Waals surface area (Å²) in [5.41, 5.74) is 7.80. The Labute approximate surface area is 129 Å². The molecule has 0 bridgehead atoms. The largest absolute Gasteiger partial charge is 0.480 e. The summed E-state index contributed by atoms with van der Waals surface area (Å²) < 4.78 is 0. The van der Waals surface area contributed by atoms with Crippen molar-refractivity contribution in [3.63, 3.8) is 0 Å². The quantitative estimate of drug-likeness (QED) is 0.774. The first-order valence-electron chi connectivity index (χ1n) is 7.19. The Morgan fingerprint density at radius 2 is 1.45 bits per heavy atom. The number of carbonyl (C=O) groups is 1. The predicted molar refractivity (Wildman–Crippen MR) is 87.8 cm³/mol. The molecule has 3 aromatic carbocycles. The van der Waals surface area contributed by atoms with Gasteiger partial charge in [-0.15, -0.1) is 0 Å². The van der Waals surface area contributed by atoms with Crippen molar-refractivity contribution in [2.75, 3.05) is 0 Å². The first-order valence-corrected chi connectivity index (χ1v) is 7.19. The van der Waals surface area contributed by atoms with E-state index in [9.17, 15) is 9.90 Å². The summed E-state index contributed by atoms with van der Waals surface area (Å²) in [7, 11) is 0. The Balaban J connectivity index is 2.13. The Hall–Kier alpha value is -2.65. The lowest BCUT2D eigenvalue weighted by Gasteiger charge is -2.22. The minimum atomic E-state index is -0.998. The molecule has 3 nitrogen and oxygen atoms in total. The van der Waals surface area contributed by atoms with Crippen molar-refractivity contribution in [2.24, 2.45) is 5.73 Å². The van der Waals surface area contributed by atoms with Gasteiger partial charge < -0.3 is 10.8 Å². The molecular weight excluding hydrogens is 274 g/mol. The van der Waals surface area contributed by atoms with Gasteiger partial charge in [-0.05, 0) is 21.9 Å². The molecule has 0 amide bonds. The van der Waals surface area contributed by atoms with E-state index in [1.54, 1.807) is 0 Å². The number of rotatable bonds is 4. The topological polar surface area (TPSA) is 63.3 Å². The summed E-state index contributed by atoms with van der Waals surface area (Å²) in [6.45, 7) is 0. The van der Waals surface area contributed by atoms with E-state index in [2.05, 4.69) is 0 Å². The molecule has 0 spiro atoms. The summed E-state index contributed by atoms with van der Waals surface area (Å²) in [6, 6.07) is 22.6. The molecule has 3 heteroatoms. The van der Waals surface area contributed by atoms with Gasteiger partial charge in [0.05, 0.1) is 0 Å². The van der Waals surface area contributed by atoms with Crippen LogP contribution in [0.3, 0.4) is 0 Å². The standard InChI is InChI=1S/C19H17NO2/c20-18(19(21)22)17(14-7-2-1-3-8-14)16-11-10-13-6-4-5-9-15(13)12-16/h1-12,17-18H,20H2,(H,21,22). The highest BCUT2D eigenvalue weighted by Gasteiger charge is 2.27. The number of nitrogens with two attached hydrogens (primary N) is 1. The molecule has 22 heavy (non-hydrogen) atoms. The molecular formula is C19H17NO2. The molecule has 0 aliphatic rings. The number of benzene rings is 3. The zero-order valence-electron chi connectivity index (χ0n) is 12.0. The van der Waals surface area contributed by atoms with Crippen LogP contribution < -0.4 is 5.73 Å². The molecule has 0 aromatic heterocycles. The van der Waals surface area contributed by atoms with E-state index >= 15 is 0 Å². The summed E-state index contributed by atoms with van der Waals surface area (Å²) in [6.07, 6.45) is 0. The minimum Gasteiger partial charge on any atom is -0.480 e. The van der Waals surface area contributed by atoms with Gasteiger partial charge in [0.2, 0.25) is 0 Å². The fourth-order valence-electron chi connectivity index (χ4n) is 2.81. The monoisotopic (exact) mass is 291 g/mol. The van der Waals surface area contributed by atoms with Gasteiger partial charge in [-0.3, -0.25) is 4.79 Å². The molecule has 0 aliphatic carbocycles. The third-order valence-electron chi connectivity index (χ3n) is 3.94. The third kappa shape index (κ3) is 2.71. The smallest absolute Gasteiger partial charge is 0.321 e. The highest BCUT2D eigenvalue weighted by atomic mass is 16.4. The second kappa shape index (κ2) is 6.00. The van der Waals surface area contributed by atoms with E-state index < -0.39 is 12.0 Å². The number of hydrogen-bond donors (Lipinski definition) is 2. The van der Waals surface area contributed by atoms with E-state index in [4.69, 9.17) is 5.73 Å². The van der Waals surface area contributed by atoms with E-state index in [1.807, 2.05) is 72.8 Å². The van der Waals surface area contributed by atoms with Crippen molar-refractivity contribution in [1.29, 1.82) is 0 Å². The molecule has 0 saturated heterocycles. The van der Waals surface area contributed by atoms with Crippen LogP contribution in [0.15, 0.2) is 72.8 Å². The van der Waals surface area contributed by atoms with Crippen LogP contribution in [0.5, 0.6) is 0 Å². The van der Waals surface area contributed by atoms with Gasteiger partial charge >= 0.3 is 5.97 Å². The molecule has 0 fully saturated rings. The highest BCUT2D eigenvalue weighted by molar-refractivity contribution is 5.84. The van der Waals surface area contributed by atoms with Crippen LogP contribution in [0, 0.1) is 0 Å². The maximum atomic E-state index is 11.4. The van der Waals surface area contributed by atoms with Crippen LogP contribution in [0.2, 0.25) is 0 Å². The van der Waals surface area contributed by atoms with Crippen LogP contribution in [0.1, 0.15) is 17.0 Å². The van der Waals surface area contributed by atoms with Crippen molar-refractivity contribution in [2.45, 2.75) is 12.0 Å². The summed E-state index contributed by atoms with van der Waals surface area (Å²) in [5, 5.41) is 11.6. The fourth-order valence-corrected chi connectivity index (χ4v) is 2.81. The van der Waals surface area contributed by atoms with Gasteiger partial charge in [-0.1, -0.05) is 72.8 Å². The molecule has 2 atom stereocenters. The Morgan fingerprint density at radius 1 is 0.818 bits per heavy atom. The molecule has 2 unspecified atom stereocenters. The zero-order chi connectivity index (χ0) is 15.5. The van der Waals surface area contributed by atoms with Gasteiger partial charge in [0.15, 0.2) is 0 Å². The highest BCUT2D eigenvalue weighted by Crippen LogP contribution is 2.29. The Kier molecular flexibility index (Phi) is 3.90. The van der Waals surface area contributed by atoms with Crippen LogP contribution in [0.4, 0.5) is 0 Å².